The van der Waals surface area contributed by atoms with Crippen molar-refractivity contribution in [2.45, 2.75) is 58.8 Å². The second-order valence-corrected chi connectivity index (χ2v) is 12.1. The largest absolute Gasteiger partial charge is 0.465 e. The van der Waals surface area contributed by atoms with Crippen LogP contribution in [0.4, 0.5) is 0 Å². The zero-order valence-electron chi connectivity index (χ0n) is 19.5. The molecular formula is C19H40BrNO8P2. The van der Waals surface area contributed by atoms with E-state index in [2.05, 4.69) is 20.8 Å². The predicted octanol–water partition coefficient (Wildman–Crippen LogP) is 5.28. The number of nitrogens with zero attached hydrogens (tertiary/aromatic N) is 1. The molecule has 0 fully saturated rings. The lowest BCUT2D eigenvalue weighted by Gasteiger charge is -2.32. The van der Waals surface area contributed by atoms with Gasteiger partial charge in [0.25, 0.3) is 0 Å². The van der Waals surface area contributed by atoms with Crippen LogP contribution in [0.25, 0.3) is 0 Å². The number of halogens is 1. The van der Waals surface area contributed by atoms with Crippen molar-refractivity contribution < 1.29 is 36.8 Å². The Morgan fingerprint density at radius 2 is 1.32 bits per heavy atom. The van der Waals surface area contributed by atoms with Gasteiger partial charge in [0.05, 0.1) is 33.0 Å². The van der Waals surface area contributed by atoms with Crippen molar-refractivity contribution in [1.29, 1.82) is 0 Å². The fourth-order valence-electron chi connectivity index (χ4n) is 2.96. The van der Waals surface area contributed by atoms with Crippen LogP contribution < -0.4 is 0 Å². The van der Waals surface area contributed by atoms with Crippen LogP contribution in [-0.4, -0.2) is 74.8 Å². The van der Waals surface area contributed by atoms with Gasteiger partial charge in [-0.05, 0) is 73.5 Å². The first-order valence-corrected chi connectivity index (χ1v) is 15.2. The van der Waals surface area contributed by atoms with Crippen LogP contribution in [0.1, 0.15) is 53.4 Å². The Balaban J connectivity index is 4.99. The molecule has 0 radical (unpaired) electrons. The minimum atomic E-state index is -3.71. The number of carbonyl (C=O) groups is 1. The molecule has 0 aliphatic carbocycles. The Labute approximate surface area is 196 Å². The first-order valence-electron chi connectivity index (χ1n) is 10.9. The highest BCUT2D eigenvalue weighted by atomic mass is 79.9. The molecule has 31 heavy (non-hydrogen) atoms. The minimum absolute atomic E-state index is 0.168. The molecule has 0 spiro atoms. The summed E-state index contributed by atoms with van der Waals surface area (Å²) in [5.41, 5.74) is 0. The Hall–Kier alpha value is 0.210. The average Bonchev–Trinajstić information content (AvgIpc) is 2.71. The third-order valence-electron chi connectivity index (χ3n) is 4.29. The summed E-state index contributed by atoms with van der Waals surface area (Å²) in [6.07, 6.45) is 2.91. The van der Waals surface area contributed by atoms with Crippen molar-refractivity contribution in [2.24, 2.45) is 0 Å². The first-order chi connectivity index (χ1) is 14.7. The Morgan fingerprint density at radius 1 is 0.839 bits per heavy atom. The molecule has 0 atom stereocenters. The average molecular weight is 552 g/mol. The van der Waals surface area contributed by atoms with Gasteiger partial charge in [-0.25, -0.2) is 0 Å². The summed E-state index contributed by atoms with van der Waals surface area (Å²) in [4.78, 5) is 13.2. The predicted molar refractivity (Wildman–Crippen MR) is 126 cm³/mol. The van der Waals surface area contributed by atoms with Crippen LogP contribution in [0.2, 0.25) is 0 Å². The molecular weight excluding hydrogens is 512 g/mol. The molecule has 0 aliphatic rings. The molecule has 0 rings (SSSR count). The maximum atomic E-state index is 13.5. The van der Waals surface area contributed by atoms with Crippen LogP contribution in [0.15, 0.2) is 0 Å². The maximum Gasteiger partial charge on any atom is 0.345 e. The molecule has 186 valence electrons. The molecule has 0 saturated carbocycles. The van der Waals surface area contributed by atoms with Crippen LogP contribution in [0.5, 0.6) is 0 Å². The molecule has 0 unspecified atom stereocenters. The molecule has 0 aromatic rings. The van der Waals surface area contributed by atoms with Crippen molar-refractivity contribution >= 4 is 37.1 Å². The van der Waals surface area contributed by atoms with Crippen molar-refractivity contribution in [1.82, 2.24) is 4.90 Å². The molecule has 0 saturated heterocycles. The second-order valence-electron chi connectivity index (χ2n) is 6.74. The SMILES string of the molecule is CCOP(=O)(OCC)C(CCN(C)CCCCCOC(=O)CBr)P(=O)(OCC)OCC. The van der Waals surface area contributed by atoms with Crippen LogP contribution in [0, 0.1) is 0 Å². The van der Waals surface area contributed by atoms with E-state index in [1.54, 1.807) is 27.7 Å². The molecule has 0 aromatic carbocycles. The van der Waals surface area contributed by atoms with Gasteiger partial charge >= 0.3 is 21.2 Å². The monoisotopic (exact) mass is 551 g/mol. The fourth-order valence-corrected chi connectivity index (χ4v) is 8.45. The summed E-state index contributed by atoms with van der Waals surface area (Å²) >= 11 is 3.06. The number of hydrogen-bond acceptors (Lipinski definition) is 9. The summed E-state index contributed by atoms with van der Waals surface area (Å²) in [5.74, 6) is -0.260. The van der Waals surface area contributed by atoms with Gasteiger partial charge in [-0.15, -0.1) is 0 Å². The Bertz CT molecular complexity index is 531. The lowest BCUT2D eigenvalue weighted by Crippen LogP contribution is -2.26. The van der Waals surface area contributed by atoms with Crippen LogP contribution >= 0.6 is 31.1 Å². The molecule has 9 nitrogen and oxygen atoms in total. The highest BCUT2D eigenvalue weighted by Crippen LogP contribution is 2.71. The number of hydrogen-bond donors (Lipinski definition) is 0. The van der Waals surface area contributed by atoms with E-state index in [1.807, 2.05) is 7.05 Å². The smallest absolute Gasteiger partial charge is 0.345 e. The van der Waals surface area contributed by atoms with Gasteiger partial charge in [0.15, 0.2) is 5.40 Å². The number of ether oxygens (including phenoxy) is 1. The lowest BCUT2D eigenvalue weighted by molar-refractivity contribution is -0.140. The Morgan fingerprint density at radius 3 is 1.74 bits per heavy atom. The molecule has 0 aliphatic heterocycles. The minimum Gasteiger partial charge on any atom is -0.465 e. The number of esters is 1. The highest BCUT2D eigenvalue weighted by molar-refractivity contribution is 9.09. The van der Waals surface area contributed by atoms with Crippen LogP contribution in [-0.2, 0) is 36.8 Å². The lowest BCUT2D eigenvalue weighted by atomic mass is 10.2. The van der Waals surface area contributed by atoms with Gasteiger partial charge in [-0.3, -0.25) is 13.9 Å². The van der Waals surface area contributed by atoms with E-state index in [4.69, 9.17) is 22.8 Å². The van der Waals surface area contributed by atoms with E-state index in [-0.39, 0.29) is 44.1 Å². The van der Waals surface area contributed by atoms with E-state index in [0.29, 0.717) is 13.2 Å². The van der Waals surface area contributed by atoms with E-state index >= 15 is 0 Å². The highest BCUT2D eigenvalue weighted by Gasteiger charge is 2.50. The molecule has 0 N–H and O–H groups in total. The normalized spacial score (nSPS) is 12.6. The zero-order valence-corrected chi connectivity index (χ0v) is 22.9. The zero-order chi connectivity index (χ0) is 23.8. The van der Waals surface area contributed by atoms with Gasteiger partial charge < -0.3 is 27.7 Å². The number of carbonyl (C=O) groups excluding carboxylic acids is 1. The summed E-state index contributed by atoms with van der Waals surface area (Å²) in [6, 6.07) is 0. The van der Waals surface area contributed by atoms with Gasteiger partial charge in [-0.1, -0.05) is 15.9 Å². The third-order valence-corrected chi connectivity index (χ3v) is 10.9. The molecule has 0 heterocycles. The van der Waals surface area contributed by atoms with Crippen molar-refractivity contribution in [3.05, 3.63) is 0 Å². The molecule has 0 bridgehead atoms. The second kappa shape index (κ2) is 17.7. The molecule has 0 aromatic heterocycles. The van der Waals surface area contributed by atoms with Crippen molar-refractivity contribution in [3.63, 3.8) is 0 Å². The van der Waals surface area contributed by atoms with Gasteiger partial charge in [0.1, 0.15) is 5.33 Å². The molecule has 12 heteroatoms. The summed E-state index contributed by atoms with van der Waals surface area (Å²) in [6.45, 7) is 9.27. The van der Waals surface area contributed by atoms with Gasteiger partial charge in [0, 0.05) is 0 Å². The molecule has 0 amide bonds. The van der Waals surface area contributed by atoms with E-state index in [1.165, 1.54) is 0 Å². The van der Waals surface area contributed by atoms with Crippen LogP contribution in [0.3, 0.4) is 0 Å². The summed E-state index contributed by atoms with van der Waals surface area (Å²) in [5, 5.41) is -0.789. The summed E-state index contributed by atoms with van der Waals surface area (Å²) < 4.78 is 54.0. The number of rotatable bonds is 20. The standard InChI is InChI=1S/C19H40BrNO8P2/c1-6-26-30(23,27-7-2)19(31(24,28-8-3)29-9-4)13-15-21(5)14-11-10-12-16-25-18(22)17-20/h19H,6-17H2,1-5H3. The van der Waals surface area contributed by atoms with E-state index in [9.17, 15) is 13.9 Å². The quantitative estimate of drug-likeness (QED) is 0.0865. The Kier molecular flexibility index (Phi) is 17.8. The van der Waals surface area contributed by atoms with Crippen molar-refractivity contribution in [3.8, 4) is 0 Å². The fraction of sp³-hybridized carbons (Fsp3) is 0.947. The van der Waals surface area contributed by atoms with E-state index in [0.717, 1.165) is 25.8 Å². The maximum absolute atomic E-state index is 13.5. The first kappa shape index (κ1) is 31.2. The number of alkyl halides is 1. The number of unbranched alkanes of at least 4 members (excludes halogenated alkanes) is 2. The topological polar surface area (TPSA) is 101 Å². The van der Waals surface area contributed by atoms with Gasteiger partial charge in [-0.2, -0.15) is 0 Å². The van der Waals surface area contributed by atoms with Crippen molar-refractivity contribution in [2.75, 3.05) is 58.5 Å². The third kappa shape index (κ3) is 12.3. The summed E-state index contributed by atoms with van der Waals surface area (Å²) in [7, 11) is -5.48. The van der Waals surface area contributed by atoms with Gasteiger partial charge in [0.2, 0.25) is 0 Å². The van der Waals surface area contributed by atoms with E-state index < -0.39 is 20.6 Å².